The number of carbonyl (C=O) groups is 1. The van der Waals surface area contributed by atoms with Crippen molar-refractivity contribution in [2.24, 2.45) is 0 Å². The maximum atomic E-state index is 14.1. The number of benzene rings is 2. The van der Waals surface area contributed by atoms with Crippen LogP contribution in [0.25, 0.3) is 5.65 Å². The quantitative estimate of drug-likeness (QED) is 0.341. The molecule has 1 amide bonds. The molecule has 35 heavy (non-hydrogen) atoms. The molecule has 2 heterocycles. The fraction of sp³-hybridized carbons (Fsp3) is 0.286. The van der Waals surface area contributed by atoms with Gasteiger partial charge in [0.05, 0.1) is 19.9 Å². The minimum Gasteiger partial charge on any atom is -0.493 e. The lowest BCUT2D eigenvalue weighted by molar-refractivity contribution is -0.130. The Hall–Kier alpha value is -3.87. The number of halogens is 1. The van der Waals surface area contributed by atoms with Gasteiger partial charge in [-0.15, -0.1) is 0 Å². The van der Waals surface area contributed by atoms with E-state index in [0.717, 1.165) is 28.2 Å². The average Bonchev–Trinajstić information content (AvgIpc) is 3.30. The van der Waals surface area contributed by atoms with Crippen LogP contribution in [0.1, 0.15) is 34.9 Å². The fourth-order valence-electron chi connectivity index (χ4n) is 4.38. The number of aromatic nitrogens is 2. The van der Waals surface area contributed by atoms with Crippen molar-refractivity contribution < 1.29 is 18.7 Å². The van der Waals surface area contributed by atoms with Crippen molar-refractivity contribution in [2.45, 2.75) is 25.7 Å². The van der Waals surface area contributed by atoms with Crippen LogP contribution in [0.15, 0.2) is 66.9 Å². The molecule has 0 saturated heterocycles. The monoisotopic (exact) mass is 475 g/mol. The topological polar surface area (TPSA) is 56.1 Å². The van der Waals surface area contributed by atoms with E-state index in [1.807, 2.05) is 53.8 Å². The Morgan fingerprint density at radius 1 is 1.06 bits per heavy atom. The minimum absolute atomic E-state index is 0.0247. The maximum absolute atomic E-state index is 14.1. The van der Waals surface area contributed by atoms with Gasteiger partial charge in [-0.2, -0.15) is 0 Å². The van der Waals surface area contributed by atoms with E-state index >= 15 is 0 Å². The van der Waals surface area contributed by atoms with E-state index in [2.05, 4.69) is 4.98 Å². The molecule has 6 nitrogen and oxygen atoms in total. The predicted octanol–water partition coefficient (Wildman–Crippen LogP) is 5.02. The highest BCUT2D eigenvalue weighted by Crippen LogP contribution is 2.31. The maximum Gasteiger partial charge on any atom is 0.223 e. The zero-order chi connectivity index (χ0) is 24.9. The molecule has 0 aliphatic carbocycles. The number of imidazole rings is 1. The standard InChI is InChI=1S/C28H30FN3O3/c1-19-7-5-10-27-30-18-24(32(19)27)23(21-8-6-9-22(29)16-21)17-28(33)31(2)14-13-20-11-12-25(34-3)26(15-20)35-4/h5-12,15-16,18,23H,13-14,17H2,1-4H3. The first kappa shape index (κ1) is 24.3. The highest BCUT2D eigenvalue weighted by Gasteiger charge is 2.24. The van der Waals surface area contributed by atoms with Crippen LogP contribution in [0.3, 0.4) is 0 Å². The van der Waals surface area contributed by atoms with Crippen LogP contribution < -0.4 is 9.47 Å². The summed E-state index contributed by atoms with van der Waals surface area (Å²) in [5, 5.41) is 0. The summed E-state index contributed by atoms with van der Waals surface area (Å²) >= 11 is 0. The molecule has 0 saturated carbocycles. The van der Waals surface area contributed by atoms with E-state index in [1.54, 1.807) is 38.4 Å². The number of amides is 1. The van der Waals surface area contributed by atoms with Gasteiger partial charge in [0.25, 0.3) is 0 Å². The summed E-state index contributed by atoms with van der Waals surface area (Å²) in [4.78, 5) is 19.6. The SMILES string of the molecule is COc1ccc(CCN(C)C(=O)CC(c2cccc(F)c2)c2cnc3cccc(C)n23)cc1OC. The van der Waals surface area contributed by atoms with Gasteiger partial charge < -0.3 is 18.8 Å². The molecular weight excluding hydrogens is 445 g/mol. The largest absolute Gasteiger partial charge is 0.493 e. The van der Waals surface area contributed by atoms with Gasteiger partial charge in [-0.1, -0.05) is 24.3 Å². The second-order valence-corrected chi connectivity index (χ2v) is 8.61. The van der Waals surface area contributed by atoms with Crippen LogP contribution >= 0.6 is 0 Å². The molecule has 1 unspecified atom stereocenters. The summed E-state index contributed by atoms with van der Waals surface area (Å²) in [7, 11) is 5.00. The van der Waals surface area contributed by atoms with E-state index in [4.69, 9.17) is 9.47 Å². The lowest BCUT2D eigenvalue weighted by Gasteiger charge is -2.23. The Labute approximate surface area is 204 Å². The number of fused-ring (bicyclic) bond motifs is 1. The summed E-state index contributed by atoms with van der Waals surface area (Å²) in [6, 6.07) is 18.1. The lowest BCUT2D eigenvalue weighted by Crippen LogP contribution is -2.30. The molecule has 1 atom stereocenters. The van der Waals surface area contributed by atoms with E-state index in [1.165, 1.54) is 12.1 Å². The molecule has 0 fully saturated rings. The van der Waals surface area contributed by atoms with Crippen molar-refractivity contribution in [3.63, 3.8) is 0 Å². The summed E-state index contributed by atoms with van der Waals surface area (Å²) < 4.78 is 26.9. The van der Waals surface area contributed by atoms with Crippen LogP contribution in [0.5, 0.6) is 11.5 Å². The third-order valence-corrected chi connectivity index (χ3v) is 6.35. The molecule has 0 radical (unpaired) electrons. The Kier molecular flexibility index (Phi) is 7.34. The van der Waals surface area contributed by atoms with Gasteiger partial charge in [0.15, 0.2) is 11.5 Å². The van der Waals surface area contributed by atoms with E-state index < -0.39 is 0 Å². The first-order valence-corrected chi connectivity index (χ1v) is 11.5. The molecule has 0 aliphatic heterocycles. The highest BCUT2D eigenvalue weighted by atomic mass is 19.1. The molecule has 0 bridgehead atoms. The number of carbonyl (C=O) groups excluding carboxylic acids is 1. The van der Waals surface area contributed by atoms with Gasteiger partial charge in [-0.25, -0.2) is 9.37 Å². The lowest BCUT2D eigenvalue weighted by atomic mass is 9.92. The third kappa shape index (κ3) is 5.29. The van der Waals surface area contributed by atoms with Crippen molar-refractivity contribution in [2.75, 3.05) is 27.8 Å². The Morgan fingerprint density at radius 3 is 2.57 bits per heavy atom. The number of likely N-dealkylation sites (N-methyl/N-ethyl adjacent to an activating group) is 1. The Morgan fingerprint density at radius 2 is 1.83 bits per heavy atom. The van der Waals surface area contributed by atoms with Gasteiger partial charge in [-0.3, -0.25) is 4.79 Å². The number of hydrogen-bond donors (Lipinski definition) is 0. The second-order valence-electron chi connectivity index (χ2n) is 8.61. The molecule has 0 spiro atoms. The van der Waals surface area contributed by atoms with Crippen LogP contribution in [-0.2, 0) is 11.2 Å². The third-order valence-electron chi connectivity index (χ3n) is 6.35. The number of rotatable bonds is 9. The smallest absolute Gasteiger partial charge is 0.223 e. The highest BCUT2D eigenvalue weighted by molar-refractivity contribution is 5.77. The minimum atomic E-state index is -0.335. The van der Waals surface area contributed by atoms with Gasteiger partial charge >= 0.3 is 0 Å². The van der Waals surface area contributed by atoms with Crippen molar-refractivity contribution >= 4 is 11.6 Å². The van der Waals surface area contributed by atoms with Crippen LogP contribution in [0, 0.1) is 12.7 Å². The summed E-state index contributed by atoms with van der Waals surface area (Å²) in [6.07, 6.45) is 2.66. The normalized spacial score (nSPS) is 11.9. The number of nitrogens with zero attached hydrogens (tertiary/aromatic N) is 3. The summed E-state index contributed by atoms with van der Waals surface area (Å²) in [5.74, 6) is 0.642. The molecular formula is C28H30FN3O3. The first-order chi connectivity index (χ1) is 16.9. The number of ether oxygens (including phenoxy) is 2. The average molecular weight is 476 g/mol. The Bertz CT molecular complexity index is 1330. The molecule has 0 N–H and O–H groups in total. The number of aryl methyl sites for hydroxylation is 1. The van der Waals surface area contributed by atoms with Gasteiger partial charge in [0, 0.05) is 37.8 Å². The van der Waals surface area contributed by atoms with E-state index in [9.17, 15) is 9.18 Å². The van der Waals surface area contributed by atoms with Crippen molar-refractivity contribution in [3.8, 4) is 11.5 Å². The van der Waals surface area contributed by atoms with Crippen LogP contribution in [0.4, 0.5) is 4.39 Å². The number of methoxy groups -OCH3 is 2. The van der Waals surface area contributed by atoms with Crippen molar-refractivity contribution in [3.05, 3.63) is 95.2 Å². The van der Waals surface area contributed by atoms with Gasteiger partial charge in [0.2, 0.25) is 5.91 Å². The van der Waals surface area contributed by atoms with Gasteiger partial charge in [-0.05, 0) is 60.9 Å². The van der Waals surface area contributed by atoms with E-state index in [-0.39, 0.29) is 24.1 Å². The molecule has 2 aromatic heterocycles. The van der Waals surface area contributed by atoms with E-state index in [0.29, 0.717) is 24.5 Å². The van der Waals surface area contributed by atoms with Crippen molar-refractivity contribution in [1.82, 2.24) is 14.3 Å². The Balaban J connectivity index is 1.56. The van der Waals surface area contributed by atoms with Crippen LogP contribution in [-0.4, -0.2) is 48.0 Å². The molecule has 4 aromatic rings. The molecule has 0 aliphatic rings. The molecule has 182 valence electrons. The summed E-state index contributed by atoms with van der Waals surface area (Å²) in [6.45, 7) is 2.54. The predicted molar refractivity (Wildman–Crippen MR) is 134 cm³/mol. The van der Waals surface area contributed by atoms with Crippen LogP contribution in [0.2, 0.25) is 0 Å². The molecule has 2 aromatic carbocycles. The number of pyridine rings is 1. The summed E-state index contributed by atoms with van der Waals surface area (Å²) in [5.41, 5.74) is 4.46. The first-order valence-electron chi connectivity index (χ1n) is 11.5. The second kappa shape index (κ2) is 10.6. The molecule has 4 rings (SSSR count). The van der Waals surface area contributed by atoms with Gasteiger partial charge in [0.1, 0.15) is 11.5 Å². The fourth-order valence-corrected chi connectivity index (χ4v) is 4.38. The number of hydrogen-bond acceptors (Lipinski definition) is 4. The zero-order valence-corrected chi connectivity index (χ0v) is 20.5. The molecule has 7 heteroatoms. The van der Waals surface area contributed by atoms with Crippen molar-refractivity contribution in [1.29, 1.82) is 0 Å². The zero-order valence-electron chi connectivity index (χ0n) is 20.5.